The molecule has 4 heteroatoms. The van der Waals surface area contributed by atoms with E-state index < -0.39 is 0 Å². The van der Waals surface area contributed by atoms with Crippen molar-refractivity contribution in [3.8, 4) is 0 Å². The van der Waals surface area contributed by atoms with Gasteiger partial charge in [0.2, 0.25) is 5.91 Å². The first-order valence-corrected chi connectivity index (χ1v) is 5.84. The smallest absolute Gasteiger partial charge is 0.242 e. The van der Waals surface area contributed by atoms with Crippen LogP contribution in [0, 0.1) is 6.92 Å². The second-order valence-corrected chi connectivity index (χ2v) is 4.63. The van der Waals surface area contributed by atoms with Gasteiger partial charge >= 0.3 is 0 Å². The predicted octanol–water partition coefficient (Wildman–Crippen LogP) is 1.16. The summed E-state index contributed by atoms with van der Waals surface area (Å²) in [7, 11) is 3.59. The van der Waals surface area contributed by atoms with Gasteiger partial charge in [-0.2, -0.15) is 0 Å². The van der Waals surface area contributed by atoms with Crippen LogP contribution in [0.15, 0.2) is 0 Å². The van der Waals surface area contributed by atoms with Gasteiger partial charge in [-0.3, -0.25) is 4.79 Å². The fourth-order valence-electron chi connectivity index (χ4n) is 2.22. The highest BCUT2D eigenvalue weighted by atomic mass is 16.2. The quantitative estimate of drug-likeness (QED) is 0.751. The van der Waals surface area contributed by atoms with Crippen LogP contribution in [0.5, 0.6) is 0 Å². The molecular weight excluding hydrogens is 202 g/mol. The number of rotatable bonds is 2. The molecule has 1 aromatic heterocycles. The maximum Gasteiger partial charge on any atom is 0.242 e. The molecule has 0 aliphatic heterocycles. The maximum atomic E-state index is 11.7. The fourth-order valence-corrected chi connectivity index (χ4v) is 2.22. The van der Waals surface area contributed by atoms with Gasteiger partial charge in [0.25, 0.3) is 0 Å². The van der Waals surface area contributed by atoms with E-state index in [1.807, 2.05) is 6.92 Å². The zero-order valence-electron chi connectivity index (χ0n) is 10.3. The minimum absolute atomic E-state index is 0.133. The molecule has 88 valence electrons. The standard InChI is InChI=1S/C12H19N3O/c1-9-13-10-6-4-5-7-11(10)15(9)8-12(16)14(2)3/h4-8H2,1-3H3. The zero-order valence-corrected chi connectivity index (χ0v) is 10.3. The number of imidazole rings is 1. The van der Waals surface area contributed by atoms with E-state index in [2.05, 4.69) is 9.55 Å². The molecule has 0 aromatic carbocycles. The van der Waals surface area contributed by atoms with E-state index in [1.54, 1.807) is 19.0 Å². The summed E-state index contributed by atoms with van der Waals surface area (Å²) in [5.74, 6) is 1.11. The van der Waals surface area contributed by atoms with Gasteiger partial charge in [-0.15, -0.1) is 0 Å². The molecule has 0 saturated carbocycles. The molecule has 2 rings (SSSR count). The lowest BCUT2D eigenvalue weighted by Crippen LogP contribution is -2.27. The molecule has 1 aliphatic rings. The molecule has 4 nitrogen and oxygen atoms in total. The Bertz CT molecular complexity index is 407. The maximum absolute atomic E-state index is 11.7. The third kappa shape index (κ3) is 1.96. The largest absolute Gasteiger partial charge is 0.347 e. The van der Waals surface area contributed by atoms with E-state index >= 15 is 0 Å². The van der Waals surface area contributed by atoms with Crippen LogP contribution in [0.4, 0.5) is 0 Å². The molecule has 0 radical (unpaired) electrons. The van der Waals surface area contributed by atoms with Crippen molar-refractivity contribution in [3.05, 3.63) is 17.2 Å². The Morgan fingerprint density at radius 1 is 1.38 bits per heavy atom. The van der Waals surface area contributed by atoms with Crippen molar-refractivity contribution in [2.45, 2.75) is 39.2 Å². The summed E-state index contributed by atoms with van der Waals surface area (Å²) in [5.41, 5.74) is 2.48. The van der Waals surface area contributed by atoms with Gasteiger partial charge in [-0.25, -0.2) is 4.98 Å². The molecule has 0 saturated heterocycles. The van der Waals surface area contributed by atoms with Crippen LogP contribution in [0.1, 0.15) is 30.1 Å². The number of carbonyl (C=O) groups is 1. The van der Waals surface area contributed by atoms with Gasteiger partial charge in [0.15, 0.2) is 0 Å². The van der Waals surface area contributed by atoms with Crippen molar-refractivity contribution in [2.75, 3.05) is 14.1 Å². The molecule has 0 fully saturated rings. The first kappa shape index (κ1) is 11.2. The van der Waals surface area contributed by atoms with E-state index in [1.165, 1.54) is 24.2 Å². The Kier molecular flexibility index (Phi) is 2.99. The predicted molar refractivity (Wildman–Crippen MR) is 62.3 cm³/mol. The molecule has 1 amide bonds. The SMILES string of the molecule is Cc1nc2c(n1CC(=O)N(C)C)CCCC2. The lowest BCUT2D eigenvalue weighted by atomic mass is 10.0. The van der Waals surface area contributed by atoms with Crippen LogP contribution in [-0.4, -0.2) is 34.5 Å². The highest BCUT2D eigenvalue weighted by molar-refractivity contribution is 5.75. The van der Waals surface area contributed by atoms with Crippen LogP contribution in [0.25, 0.3) is 0 Å². The Morgan fingerprint density at radius 3 is 2.75 bits per heavy atom. The lowest BCUT2D eigenvalue weighted by Gasteiger charge is -2.16. The number of amides is 1. The van der Waals surface area contributed by atoms with Gasteiger partial charge in [-0.1, -0.05) is 0 Å². The Hall–Kier alpha value is -1.32. The van der Waals surface area contributed by atoms with E-state index in [-0.39, 0.29) is 5.91 Å². The normalized spacial score (nSPS) is 14.7. The fraction of sp³-hybridized carbons (Fsp3) is 0.667. The van der Waals surface area contributed by atoms with Crippen LogP contribution in [0.3, 0.4) is 0 Å². The van der Waals surface area contributed by atoms with E-state index in [0.717, 1.165) is 18.7 Å². The average Bonchev–Trinajstić information content (AvgIpc) is 2.55. The van der Waals surface area contributed by atoms with E-state index in [9.17, 15) is 4.79 Å². The number of aromatic nitrogens is 2. The number of hydrogen-bond acceptors (Lipinski definition) is 2. The lowest BCUT2D eigenvalue weighted by molar-refractivity contribution is -0.129. The highest BCUT2D eigenvalue weighted by Gasteiger charge is 2.19. The van der Waals surface area contributed by atoms with Gasteiger partial charge < -0.3 is 9.47 Å². The van der Waals surface area contributed by atoms with E-state index in [0.29, 0.717) is 6.54 Å². The number of carbonyl (C=O) groups excluding carboxylic acids is 1. The summed E-state index contributed by atoms with van der Waals surface area (Å²) in [6, 6.07) is 0. The van der Waals surface area contributed by atoms with Crippen molar-refractivity contribution < 1.29 is 4.79 Å². The van der Waals surface area contributed by atoms with Crippen molar-refractivity contribution in [1.29, 1.82) is 0 Å². The van der Waals surface area contributed by atoms with Gasteiger partial charge in [-0.05, 0) is 32.6 Å². The summed E-state index contributed by atoms with van der Waals surface area (Å²) in [6.45, 7) is 2.42. The van der Waals surface area contributed by atoms with Crippen molar-refractivity contribution in [2.24, 2.45) is 0 Å². The van der Waals surface area contributed by atoms with Crippen LogP contribution < -0.4 is 0 Å². The van der Waals surface area contributed by atoms with E-state index in [4.69, 9.17) is 0 Å². The monoisotopic (exact) mass is 221 g/mol. The van der Waals surface area contributed by atoms with Crippen molar-refractivity contribution in [1.82, 2.24) is 14.5 Å². The van der Waals surface area contributed by atoms with Gasteiger partial charge in [0.05, 0.1) is 5.69 Å². The number of likely N-dealkylation sites (N-methyl/N-ethyl adjacent to an activating group) is 1. The number of hydrogen-bond donors (Lipinski definition) is 0. The topological polar surface area (TPSA) is 38.1 Å². The van der Waals surface area contributed by atoms with Crippen LogP contribution in [0.2, 0.25) is 0 Å². The zero-order chi connectivity index (χ0) is 11.7. The third-order valence-corrected chi connectivity index (χ3v) is 3.22. The second kappa shape index (κ2) is 4.28. The molecule has 1 heterocycles. The van der Waals surface area contributed by atoms with Crippen molar-refractivity contribution >= 4 is 5.91 Å². The van der Waals surface area contributed by atoms with Crippen LogP contribution in [-0.2, 0) is 24.2 Å². The highest BCUT2D eigenvalue weighted by Crippen LogP contribution is 2.21. The number of nitrogens with zero attached hydrogens (tertiary/aromatic N) is 3. The molecule has 16 heavy (non-hydrogen) atoms. The summed E-state index contributed by atoms with van der Waals surface area (Å²) >= 11 is 0. The summed E-state index contributed by atoms with van der Waals surface area (Å²) in [6.07, 6.45) is 4.58. The molecule has 1 aliphatic carbocycles. The molecular formula is C12H19N3O. The third-order valence-electron chi connectivity index (χ3n) is 3.22. The summed E-state index contributed by atoms with van der Waals surface area (Å²) < 4.78 is 2.08. The summed E-state index contributed by atoms with van der Waals surface area (Å²) in [4.78, 5) is 17.9. The minimum atomic E-state index is 0.133. The van der Waals surface area contributed by atoms with Crippen molar-refractivity contribution in [3.63, 3.8) is 0 Å². The molecule has 0 unspecified atom stereocenters. The molecule has 1 aromatic rings. The van der Waals surface area contributed by atoms with Gasteiger partial charge in [0, 0.05) is 19.8 Å². The summed E-state index contributed by atoms with van der Waals surface area (Å²) in [5, 5.41) is 0. The Morgan fingerprint density at radius 2 is 2.06 bits per heavy atom. The molecule has 0 spiro atoms. The average molecular weight is 221 g/mol. The van der Waals surface area contributed by atoms with Crippen LogP contribution >= 0.6 is 0 Å². The molecule has 0 N–H and O–H groups in total. The number of fused-ring (bicyclic) bond motifs is 1. The molecule has 0 bridgehead atoms. The molecule has 0 atom stereocenters. The number of aryl methyl sites for hydroxylation is 2. The second-order valence-electron chi connectivity index (χ2n) is 4.63. The Labute approximate surface area is 96.3 Å². The first-order valence-electron chi connectivity index (χ1n) is 5.84. The first-order chi connectivity index (χ1) is 7.59. The minimum Gasteiger partial charge on any atom is -0.347 e. The van der Waals surface area contributed by atoms with Gasteiger partial charge in [0.1, 0.15) is 12.4 Å². The Balaban J connectivity index is 2.26.